The topological polar surface area (TPSA) is 43.7 Å². The van der Waals surface area contributed by atoms with Gasteiger partial charge in [0, 0.05) is 24.2 Å². The van der Waals surface area contributed by atoms with Gasteiger partial charge in [0.2, 0.25) is 0 Å². The average Bonchev–Trinajstić information content (AvgIpc) is 2.58. The molecule has 0 saturated heterocycles. The first-order valence-electron chi connectivity index (χ1n) is 11.1. The normalized spacial score (nSPS) is 12.6. The Balaban J connectivity index is 2.42. The third kappa shape index (κ3) is 5.78. The van der Waals surface area contributed by atoms with Crippen LogP contribution in [-0.2, 0) is 23.9 Å². The molecule has 0 unspecified atom stereocenters. The Morgan fingerprint density at radius 3 is 1.37 bits per heavy atom. The lowest BCUT2D eigenvalue weighted by Crippen LogP contribution is -2.25. The Labute approximate surface area is 183 Å². The van der Waals surface area contributed by atoms with Gasteiger partial charge in [0.05, 0.1) is 0 Å². The largest absolute Gasteiger partial charge is 0.507 e. The van der Waals surface area contributed by atoms with Crippen molar-refractivity contribution in [1.82, 2.24) is 4.90 Å². The van der Waals surface area contributed by atoms with E-state index in [0.29, 0.717) is 24.6 Å². The van der Waals surface area contributed by atoms with Crippen molar-refractivity contribution in [2.24, 2.45) is 0 Å². The molecule has 2 rings (SSSR count). The summed E-state index contributed by atoms with van der Waals surface area (Å²) >= 11 is 0. The molecule has 0 heterocycles. The lowest BCUT2D eigenvalue weighted by atomic mass is 9.83. The Morgan fingerprint density at radius 2 is 1.07 bits per heavy atom. The molecule has 0 aliphatic rings. The first kappa shape index (κ1) is 24.3. The predicted molar refractivity (Wildman–Crippen MR) is 127 cm³/mol. The highest BCUT2D eigenvalue weighted by Gasteiger charge is 2.24. The summed E-state index contributed by atoms with van der Waals surface area (Å²) in [7, 11) is 0. The second-order valence-electron chi connectivity index (χ2n) is 10.9. The standard InChI is InChI=1S/C27H41NO2/c1-10-11-28(16-20-12-18(2)14-22(24(20)29)26(4,5)6)17-21-13-19(3)15-23(25(21)30)27(7,8)9/h12-15,29-30H,10-11,16-17H2,1-9H3. The summed E-state index contributed by atoms with van der Waals surface area (Å²) in [6.07, 6.45) is 1.01. The smallest absolute Gasteiger partial charge is 0.123 e. The monoisotopic (exact) mass is 411 g/mol. The molecule has 0 atom stereocenters. The Morgan fingerprint density at radius 1 is 0.700 bits per heavy atom. The van der Waals surface area contributed by atoms with Gasteiger partial charge < -0.3 is 10.2 Å². The van der Waals surface area contributed by atoms with Crippen LogP contribution in [0.2, 0.25) is 0 Å². The molecule has 0 radical (unpaired) electrons. The van der Waals surface area contributed by atoms with Crippen molar-refractivity contribution in [3.63, 3.8) is 0 Å². The second kappa shape index (κ2) is 9.01. The number of hydrogen-bond donors (Lipinski definition) is 2. The number of phenolic OH excluding ortho intramolecular Hbond substituents is 2. The summed E-state index contributed by atoms with van der Waals surface area (Å²) in [4.78, 5) is 2.32. The van der Waals surface area contributed by atoms with E-state index >= 15 is 0 Å². The molecule has 0 bridgehead atoms. The Hall–Kier alpha value is -2.00. The summed E-state index contributed by atoms with van der Waals surface area (Å²) in [5, 5.41) is 22.0. The minimum Gasteiger partial charge on any atom is -0.507 e. The van der Waals surface area contributed by atoms with Crippen LogP contribution in [0.1, 0.15) is 88.3 Å². The molecular weight excluding hydrogens is 370 g/mol. The van der Waals surface area contributed by atoms with Gasteiger partial charge in [0.1, 0.15) is 11.5 Å². The van der Waals surface area contributed by atoms with Gasteiger partial charge in [-0.15, -0.1) is 0 Å². The van der Waals surface area contributed by atoms with Crippen molar-refractivity contribution in [2.45, 2.75) is 92.7 Å². The Bertz CT molecular complexity index is 814. The van der Waals surface area contributed by atoms with Crippen LogP contribution in [0.3, 0.4) is 0 Å². The maximum atomic E-state index is 11.0. The van der Waals surface area contributed by atoms with Crippen molar-refractivity contribution in [2.75, 3.05) is 6.54 Å². The van der Waals surface area contributed by atoms with Crippen LogP contribution in [0.4, 0.5) is 0 Å². The molecule has 30 heavy (non-hydrogen) atoms. The number of rotatable bonds is 6. The van der Waals surface area contributed by atoms with E-state index in [0.717, 1.165) is 46.3 Å². The van der Waals surface area contributed by atoms with Crippen LogP contribution < -0.4 is 0 Å². The van der Waals surface area contributed by atoms with Gasteiger partial charge in [0.15, 0.2) is 0 Å². The molecular formula is C27H41NO2. The number of aromatic hydroxyl groups is 2. The molecule has 0 aliphatic carbocycles. The first-order valence-corrected chi connectivity index (χ1v) is 11.1. The van der Waals surface area contributed by atoms with Crippen LogP contribution in [0.15, 0.2) is 24.3 Å². The highest BCUT2D eigenvalue weighted by atomic mass is 16.3. The molecule has 0 amide bonds. The molecule has 2 N–H and O–H groups in total. The third-order valence-corrected chi connectivity index (χ3v) is 5.61. The minimum absolute atomic E-state index is 0.114. The number of nitrogens with zero attached hydrogens (tertiary/aromatic N) is 1. The van der Waals surface area contributed by atoms with Crippen molar-refractivity contribution in [3.8, 4) is 11.5 Å². The van der Waals surface area contributed by atoms with Gasteiger partial charge in [0.25, 0.3) is 0 Å². The summed E-state index contributed by atoms with van der Waals surface area (Å²) in [5.74, 6) is 0.802. The molecule has 3 nitrogen and oxygen atoms in total. The van der Waals surface area contributed by atoms with Crippen LogP contribution in [0.5, 0.6) is 11.5 Å². The van der Waals surface area contributed by atoms with Gasteiger partial charge in [-0.3, -0.25) is 4.90 Å². The maximum Gasteiger partial charge on any atom is 0.123 e. The second-order valence-corrected chi connectivity index (χ2v) is 10.9. The minimum atomic E-state index is -0.114. The number of benzene rings is 2. The highest BCUT2D eigenvalue weighted by Crippen LogP contribution is 2.37. The van der Waals surface area contributed by atoms with Gasteiger partial charge in [-0.25, -0.2) is 0 Å². The molecule has 166 valence electrons. The molecule has 3 heteroatoms. The van der Waals surface area contributed by atoms with E-state index in [4.69, 9.17) is 0 Å². The molecule has 0 aromatic heterocycles. The summed E-state index contributed by atoms with van der Waals surface area (Å²) < 4.78 is 0. The summed E-state index contributed by atoms with van der Waals surface area (Å²) in [5.41, 5.74) is 5.99. The predicted octanol–water partition coefficient (Wildman–Crippen LogP) is 6.72. The van der Waals surface area contributed by atoms with Crippen LogP contribution in [0.25, 0.3) is 0 Å². The van der Waals surface area contributed by atoms with E-state index in [2.05, 4.69) is 91.5 Å². The van der Waals surface area contributed by atoms with E-state index in [1.807, 2.05) is 0 Å². The molecule has 2 aromatic rings. The first-order chi connectivity index (χ1) is 13.7. The fraction of sp³-hybridized carbons (Fsp3) is 0.556. The van der Waals surface area contributed by atoms with Crippen molar-refractivity contribution in [3.05, 3.63) is 57.6 Å². The Kier molecular flexibility index (Phi) is 7.29. The average molecular weight is 412 g/mol. The summed E-state index contributed by atoms with van der Waals surface area (Å²) in [6.45, 7) is 21.3. The fourth-order valence-electron chi connectivity index (χ4n) is 4.10. The van der Waals surface area contributed by atoms with E-state index in [9.17, 15) is 10.2 Å². The molecule has 2 aromatic carbocycles. The van der Waals surface area contributed by atoms with Crippen molar-refractivity contribution >= 4 is 0 Å². The van der Waals surface area contributed by atoms with Crippen LogP contribution in [0, 0.1) is 13.8 Å². The van der Waals surface area contributed by atoms with Gasteiger partial charge in [-0.1, -0.05) is 83.9 Å². The SMILES string of the molecule is CCCN(Cc1cc(C)cc(C(C)(C)C)c1O)Cc1cc(C)cc(C(C)(C)C)c1O. The lowest BCUT2D eigenvalue weighted by Gasteiger charge is -2.28. The zero-order valence-corrected chi connectivity index (χ0v) is 20.5. The van der Waals surface area contributed by atoms with Crippen LogP contribution >= 0.6 is 0 Å². The van der Waals surface area contributed by atoms with Crippen LogP contribution in [-0.4, -0.2) is 21.7 Å². The van der Waals surface area contributed by atoms with Gasteiger partial charge in [-0.2, -0.15) is 0 Å². The van der Waals surface area contributed by atoms with Crippen molar-refractivity contribution in [1.29, 1.82) is 0 Å². The zero-order valence-electron chi connectivity index (χ0n) is 20.5. The van der Waals surface area contributed by atoms with Gasteiger partial charge >= 0.3 is 0 Å². The van der Waals surface area contributed by atoms with Crippen molar-refractivity contribution < 1.29 is 10.2 Å². The number of aryl methyl sites for hydroxylation is 2. The quantitative estimate of drug-likeness (QED) is 0.554. The van der Waals surface area contributed by atoms with E-state index in [-0.39, 0.29) is 10.8 Å². The highest BCUT2D eigenvalue weighted by molar-refractivity contribution is 5.48. The summed E-state index contributed by atoms with van der Waals surface area (Å²) in [6, 6.07) is 8.35. The van der Waals surface area contributed by atoms with E-state index < -0.39 is 0 Å². The van der Waals surface area contributed by atoms with Gasteiger partial charge in [-0.05, 0) is 48.8 Å². The fourth-order valence-corrected chi connectivity index (χ4v) is 4.10. The number of hydrogen-bond acceptors (Lipinski definition) is 3. The lowest BCUT2D eigenvalue weighted by molar-refractivity contribution is 0.249. The maximum absolute atomic E-state index is 11.0. The third-order valence-electron chi connectivity index (χ3n) is 5.61. The van der Waals surface area contributed by atoms with E-state index in [1.165, 1.54) is 0 Å². The number of phenols is 2. The zero-order chi connectivity index (χ0) is 22.9. The molecule has 0 aliphatic heterocycles. The van der Waals surface area contributed by atoms with E-state index in [1.54, 1.807) is 0 Å². The molecule has 0 spiro atoms. The molecule has 0 saturated carbocycles. The molecule has 0 fully saturated rings.